The third-order valence-corrected chi connectivity index (χ3v) is 6.53. The normalized spacial score (nSPS) is 12.3. The van der Waals surface area contributed by atoms with E-state index in [1.54, 1.807) is 37.3 Å². The van der Waals surface area contributed by atoms with Gasteiger partial charge >= 0.3 is 12.0 Å². The van der Waals surface area contributed by atoms with E-state index in [4.69, 9.17) is 5.73 Å². The second-order valence-corrected chi connectivity index (χ2v) is 9.58. The van der Waals surface area contributed by atoms with Gasteiger partial charge in [0.15, 0.2) is 0 Å². The number of nitrogens with zero attached hydrogens (tertiary/aromatic N) is 1. The van der Waals surface area contributed by atoms with Gasteiger partial charge in [0.05, 0.1) is 12.3 Å². The Bertz CT molecular complexity index is 1160. The van der Waals surface area contributed by atoms with Crippen LogP contribution in [0.25, 0.3) is 0 Å². The highest BCUT2D eigenvalue weighted by molar-refractivity contribution is 7.80. The number of aryl methyl sites for hydroxylation is 1. The van der Waals surface area contributed by atoms with Crippen LogP contribution in [0, 0.1) is 6.92 Å². The fraction of sp³-hybridized carbons (Fsp3) is 0.407. The van der Waals surface area contributed by atoms with Gasteiger partial charge in [-0.15, -0.1) is 0 Å². The number of aliphatic hydroxyl groups is 1. The second-order valence-electron chi connectivity index (χ2n) is 9.21. The number of benzene rings is 2. The van der Waals surface area contributed by atoms with Gasteiger partial charge in [-0.05, 0) is 36.6 Å². The zero-order valence-electron chi connectivity index (χ0n) is 22.3. The third-order valence-electron chi connectivity index (χ3n) is 6.16. The number of hydrogen-bond acceptors (Lipinski definition) is 8. The van der Waals surface area contributed by atoms with Gasteiger partial charge in [0.1, 0.15) is 17.8 Å². The molecule has 40 heavy (non-hydrogen) atoms. The summed E-state index contributed by atoms with van der Waals surface area (Å²) in [6, 6.07) is 8.75. The van der Waals surface area contributed by atoms with Crippen molar-refractivity contribution in [3.63, 3.8) is 0 Å². The first kappa shape index (κ1) is 32.4. The van der Waals surface area contributed by atoms with E-state index in [1.807, 2.05) is 0 Å². The minimum absolute atomic E-state index is 0.0410. The van der Waals surface area contributed by atoms with Gasteiger partial charge < -0.3 is 41.9 Å². The molecule has 0 heterocycles. The van der Waals surface area contributed by atoms with Crippen molar-refractivity contribution in [3.8, 4) is 5.75 Å². The largest absolute Gasteiger partial charge is 0.508 e. The molecule has 0 saturated carbocycles. The fourth-order valence-corrected chi connectivity index (χ4v) is 4.30. The first-order valence-corrected chi connectivity index (χ1v) is 13.4. The summed E-state index contributed by atoms with van der Waals surface area (Å²) in [5, 5.41) is 36.9. The second kappa shape index (κ2) is 16.3. The maximum absolute atomic E-state index is 13.8. The van der Waals surface area contributed by atoms with Gasteiger partial charge in [-0.25, -0.2) is 4.79 Å². The molecular weight excluding hydrogens is 538 g/mol. The molecule has 0 saturated heterocycles. The average Bonchev–Trinajstić information content (AvgIpc) is 2.91. The third kappa shape index (κ3) is 10.4. The molecule has 2 rings (SSSR count). The molecule has 13 heteroatoms. The predicted octanol–water partition coefficient (Wildman–Crippen LogP) is 0.992. The van der Waals surface area contributed by atoms with Crippen LogP contribution >= 0.6 is 12.6 Å². The number of nitrogens with two attached hydrogens (primary N) is 1. The van der Waals surface area contributed by atoms with Gasteiger partial charge in [0.25, 0.3) is 0 Å². The number of carbonyl (C=O) groups excluding carboxylic acids is 3. The number of aliphatic hydroxyl groups excluding tert-OH is 1. The first-order chi connectivity index (χ1) is 19.0. The molecule has 0 aliphatic heterocycles. The van der Waals surface area contributed by atoms with E-state index >= 15 is 0 Å². The van der Waals surface area contributed by atoms with Crippen LogP contribution in [0.4, 0.5) is 10.5 Å². The molecule has 218 valence electrons. The van der Waals surface area contributed by atoms with Gasteiger partial charge in [0, 0.05) is 43.8 Å². The molecule has 0 aliphatic carbocycles. The maximum atomic E-state index is 13.8. The van der Waals surface area contributed by atoms with E-state index in [0.29, 0.717) is 16.8 Å². The lowest BCUT2D eigenvalue weighted by molar-refractivity contribution is -0.138. The number of aromatic hydroxyl groups is 1. The van der Waals surface area contributed by atoms with E-state index in [1.165, 1.54) is 17.0 Å². The van der Waals surface area contributed by atoms with Crippen LogP contribution < -0.4 is 21.7 Å². The minimum atomic E-state index is -1.08. The molecule has 8 N–H and O–H groups in total. The van der Waals surface area contributed by atoms with Crippen molar-refractivity contribution >= 4 is 42.1 Å². The van der Waals surface area contributed by atoms with Crippen molar-refractivity contribution in [3.05, 3.63) is 59.2 Å². The fourth-order valence-electron chi connectivity index (χ4n) is 4.02. The highest BCUT2D eigenvalue weighted by atomic mass is 32.1. The highest BCUT2D eigenvalue weighted by Crippen LogP contribution is 2.21. The van der Waals surface area contributed by atoms with Crippen molar-refractivity contribution in [1.82, 2.24) is 15.5 Å². The zero-order valence-corrected chi connectivity index (χ0v) is 23.2. The lowest BCUT2D eigenvalue weighted by Gasteiger charge is -2.29. The van der Waals surface area contributed by atoms with E-state index in [-0.39, 0.29) is 57.0 Å². The number of primary amides is 1. The summed E-state index contributed by atoms with van der Waals surface area (Å²) in [6.07, 6.45) is 0.401. The Kier molecular flexibility index (Phi) is 13.2. The summed E-state index contributed by atoms with van der Waals surface area (Å²) >= 11 is 4.03. The summed E-state index contributed by atoms with van der Waals surface area (Å²) in [4.78, 5) is 50.9. The Hall–Kier alpha value is -3.81. The summed E-state index contributed by atoms with van der Waals surface area (Å²) in [5.41, 5.74) is 7.58. The number of carboxylic acids is 1. The van der Waals surface area contributed by atoms with Crippen molar-refractivity contribution < 1.29 is 34.5 Å². The summed E-state index contributed by atoms with van der Waals surface area (Å²) in [7, 11) is 0. The number of nitrogens with one attached hydrogen (secondary N) is 3. The number of aliphatic carboxylic acids is 1. The first-order valence-electron chi connectivity index (χ1n) is 12.7. The van der Waals surface area contributed by atoms with E-state index < -0.39 is 35.9 Å². The number of phenols is 1. The number of carboxylic acid groups (broad SMARTS) is 1. The van der Waals surface area contributed by atoms with Crippen molar-refractivity contribution in [2.75, 3.05) is 30.7 Å². The molecular formula is C27H37N5O7S. The van der Waals surface area contributed by atoms with Gasteiger partial charge in [-0.1, -0.05) is 30.3 Å². The topological polar surface area (TPSA) is 194 Å². The summed E-state index contributed by atoms with van der Waals surface area (Å²) in [5.74, 6) is -1.97. The van der Waals surface area contributed by atoms with E-state index in [9.17, 15) is 34.5 Å². The molecule has 0 aromatic heterocycles. The standard InChI is InChI=1S/C27H37N5O7S/c1-17-4-2-5-19(15-33)24(17)31-27(39)30-21(14-18-7-9-20(34)10-8-18)25(36)32(12-3-6-23(28)35)13-11-29-22(16-40)26(37)38/h2,4-5,7-10,21-22,29,33-34,40H,3,6,11-16H2,1H3,(H2,28,35)(H,37,38)(H2,30,31,39). The molecule has 2 aromatic rings. The summed E-state index contributed by atoms with van der Waals surface area (Å²) < 4.78 is 0. The number of carbonyl (C=O) groups is 4. The Morgan fingerprint density at radius 3 is 2.35 bits per heavy atom. The van der Waals surface area contributed by atoms with Crippen molar-refractivity contribution in [2.45, 2.75) is 44.9 Å². The van der Waals surface area contributed by atoms with Crippen molar-refractivity contribution in [2.24, 2.45) is 5.73 Å². The minimum Gasteiger partial charge on any atom is -0.508 e. The molecule has 12 nitrogen and oxygen atoms in total. The molecule has 2 unspecified atom stereocenters. The molecule has 2 atom stereocenters. The smallest absolute Gasteiger partial charge is 0.321 e. The number of anilines is 1. The summed E-state index contributed by atoms with van der Waals surface area (Å²) in [6.45, 7) is 1.84. The quantitative estimate of drug-likeness (QED) is 0.136. The Morgan fingerprint density at radius 1 is 1.05 bits per heavy atom. The van der Waals surface area contributed by atoms with Gasteiger partial charge in [-0.2, -0.15) is 12.6 Å². The Balaban J connectivity index is 2.28. The van der Waals surface area contributed by atoms with Gasteiger partial charge in [0.2, 0.25) is 11.8 Å². The molecule has 2 aromatic carbocycles. The van der Waals surface area contributed by atoms with E-state index in [2.05, 4.69) is 28.6 Å². The van der Waals surface area contributed by atoms with Crippen LogP contribution in [-0.4, -0.2) is 81.5 Å². The van der Waals surface area contributed by atoms with Crippen LogP contribution in [-0.2, 0) is 27.4 Å². The van der Waals surface area contributed by atoms with Crippen LogP contribution in [0.1, 0.15) is 29.5 Å². The lowest BCUT2D eigenvalue weighted by atomic mass is 10.0. The Labute approximate surface area is 238 Å². The van der Waals surface area contributed by atoms with Gasteiger partial charge in [-0.3, -0.25) is 14.4 Å². The number of thiol groups is 1. The van der Waals surface area contributed by atoms with Crippen molar-refractivity contribution in [1.29, 1.82) is 0 Å². The molecule has 0 bridgehead atoms. The molecule has 4 amide bonds. The van der Waals surface area contributed by atoms with E-state index in [0.717, 1.165) is 5.56 Å². The number of hydrogen-bond donors (Lipinski definition) is 8. The number of phenolic OH excluding ortho intramolecular Hbond substituents is 1. The number of urea groups is 1. The predicted molar refractivity (Wildman–Crippen MR) is 153 cm³/mol. The monoisotopic (exact) mass is 575 g/mol. The van der Waals surface area contributed by atoms with Crippen LogP contribution in [0.3, 0.4) is 0 Å². The zero-order chi connectivity index (χ0) is 29.7. The molecule has 0 radical (unpaired) electrons. The number of amides is 4. The maximum Gasteiger partial charge on any atom is 0.321 e. The average molecular weight is 576 g/mol. The highest BCUT2D eigenvalue weighted by Gasteiger charge is 2.27. The van der Waals surface area contributed by atoms with Crippen LogP contribution in [0.5, 0.6) is 5.75 Å². The SMILES string of the molecule is Cc1cccc(CO)c1NC(=O)NC(Cc1ccc(O)cc1)C(=O)N(CCCC(N)=O)CCNC(CS)C(=O)O. The number of para-hydroxylation sites is 1. The Morgan fingerprint density at radius 2 is 1.75 bits per heavy atom. The number of rotatable bonds is 16. The lowest BCUT2D eigenvalue weighted by Crippen LogP contribution is -2.53. The molecule has 0 fully saturated rings. The van der Waals surface area contributed by atoms with Crippen LogP contribution in [0.2, 0.25) is 0 Å². The molecule has 0 spiro atoms. The van der Waals surface area contributed by atoms with Crippen LogP contribution in [0.15, 0.2) is 42.5 Å². The molecule has 0 aliphatic rings.